The molecule has 2 aromatic carbocycles. The first-order valence-electron chi connectivity index (χ1n) is 9.87. The van der Waals surface area contributed by atoms with E-state index >= 15 is 0 Å². The van der Waals surface area contributed by atoms with Crippen LogP contribution in [0.1, 0.15) is 5.56 Å². The number of ether oxygens (including phenoxy) is 1. The average molecular weight is 409 g/mol. The number of hydrogen-bond donors (Lipinski definition) is 0. The van der Waals surface area contributed by atoms with Crippen LogP contribution in [-0.4, -0.2) is 14.5 Å². The molecule has 31 heavy (non-hydrogen) atoms. The maximum atomic E-state index is 12.2. The van der Waals surface area contributed by atoms with Crippen molar-refractivity contribution in [1.29, 1.82) is 0 Å². The lowest BCUT2D eigenvalue weighted by Gasteiger charge is -2.08. The molecule has 0 aliphatic rings. The summed E-state index contributed by atoms with van der Waals surface area (Å²) in [7, 11) is 1.70. The van der Waals surface area contributed by atoms with E-state index in [1.54, 1.807) is 19.4 Å². The van der Waals surface area contributed by atoms with Gasteiger partial charge in [0.1, 0.15) is 6.61 Å². The minimum Gasteiger partial charge on any atom is -0.473 e. The molecule has 6 heteroatoms. The second-order valence-corrected chi connectivity index (χ2v) is 7.17. The van der Waals surface area contributed by atoms with Crippen LogP contribution in [0.25, 0.3) is 33.5 Å². The van der Waals surface area contributed by atoms with Crippen molar-refractivity contribution in [1.82, 2.24) is 14.5 Å². The highest BCUT2D eigenvalue weighted by atomic mass is 16.5. The van der Waals surface area contributed by atoms with E-state index < -0.39 is 5.76 Å². The third-order valence-electron chi connectivity index (χ3n) is 5.14. The second kappa shape index (κ2) is 7.91. The number of nitrogens with zero attached hydrogens (tertiary/aromatic N) is 3. The molecular formula is C25H19N3O3. The molecule has 0 aliphatic heterocycles. The normalized spacial score (nSPS) is 11.0. The van der Waals surface area contributed by atoms with E-state index in [-0.39, 0.29) is 0 Å². The van der Waals surface area contributed by atoms with Gasteiger partial charge in [0, 0.05) is 42.0 Å². The predicted octanol–water partition coefficient (Wildman–Crippen LogP) is 4.83. The molecule has 0 radical (unpaired) electrons. The van der Waals surface area contributed by atoms with E-state index in [1.165, 1.54) is 4.57 Å². The van der Waals surface area contributed by atoms with E-state index in [0.29, 0.717) is 18.2 Å². The van der Waals surface area contributed by atoms with Crippen molar-refractivity contribution in [3.8, 4) is 28.5 Å². The smallest absolute Gasteiger partial charge is 0.419 e. The Balaban J connectivity index is 1.38. The fourth-order valence-electron chi connectivity index (χ4n) is 3.52. The molecule has 5 rings (SSSR count). The highest BCUT2D eigenvalue weighted by molar-refractivity contribution is 5.79. The van der Waals surface area contributed by atoms with Crippen molar-refractivity contribution in [2.24, 2.45) is 7.05 Å². The van der Waals surface area contributed by atoms with Gasteiger partial charge in [-0.1, -0.05) is 42.5 Å². The summed E-state index contributed by atoms with van der Waals surface area (Å²) >= 11 is 0. The van der Waals surface area contributed by atoms with E-state index in [0.717, 1.165) is 33.3 Å². The fraction of sp³-hybridized carbons (Fsp3) is 0.0800. The number of oxazole rings is 1. The van der Waals surface area contributed by atoms with Gasteiger partial charge in [0.05, 0.1) is 11.2 Å². The molecule has 0 saturated heterocycles. The summed E-state index contributed by atoms with van der Waals surface area (Å²) in [4.78, 5) is 20.8. The predicted molar refractivity (Wildman–Crippen MR) is 119 cm³/mol. The second-order valence-electron chi connectivity index (χ2n) is 7.17. The summed E-state index contributed by atoms with van der Waals surface area (Å²) in [6.07, 6.45) is 3.38. The first-order chi connectivity index (χ1) is 15.2. The number of aromatic nitrogens is 3. The zero-order valence-electron chi connectivity index (χ0n) is 16.9. The summed E-state index contributed by atoms with van der Waals surface area (Å²) in [5, 5.41) is 1.08. The van der Waals surface area contributed by atoms with Crippen LogP contribution in [0.3, 0.4) is 0 Å². The Bertz CT molecular complexity index is 1400. The standard InChI is InChI=1S/C25H19N3O3/c1-28-23(19-12-14-26-15-13-19)24(31-25(28)29)20-8-6-17(7-9-20)16-30-22-11-10-18-4-2-3-5-21(18)27-22/h2-15H,16H2,1H3. The van der Waals surface area contributed by atoms with Gasteiger partial charge in [-0.2, -0.15) is 0 Å². The zero-order valence-corrected chi connectivity index (χ0v) is 16.9. The van der Waals surface area contributed by atoms with Crippen LogP contribution in [0.5, 0.6) is 5.88 Å². The molecular weight excluding hydrogens is 390 g/mol. The number of benzene rings is 2. The van der Waals surface area contributed by atoms with Gasteiger partial charge in [-0.3, -0.25) is 9.55 Å². The first-order valence-corrected chi connectivity index (χ1v) is 9.87. The van der Waals surface area contributed by atoms with Crippen LogP contribution in [0, 0.1) is 0 Å². The van der Waals surface area contributed by atoms with Gasteiger partial charge in [-0.05, 0) is 29.8 Å². The Morgan fingerprint density at radius 1 is 0.903 bits per heavy atom. The monoisotopic (exact) mass is 409 g/mol. The maximum Gasteiger partial charge on any atom is 0.419 e. The fourth-order valence-corrected chi connectivity index (χ4v) is 3.52. The van der Waals surface area contributed by atoms with E-state index in [9.17, 15) is 4.79 Å². The van der Waals surface area contributed by atoms with Gasteiger partial charge in [0.25, 0.3) is 0 Å². The van der Waals surface area contributed by atoms with Crippen LogP contribution in [0.4, 0.5) is 0 Å². The summed E-state index contributed by atoms with van der Waals surface area (Å²) in [6.45, 7) is 0.390. The average Bonchev–Trinajstić information content (AvgIpc) is 3.12. The molecule has 0 bridgehead atoms. The number of para-hydroxylation sites is 1. The van der Waals surface area contributed by atoms with Crippen LogP contribution < -0.4 is 10.5 Å². The summed E-state index contributed by atoms with van der Waals surface area (Å²) in [6, 6.07) is 23.3. The lowest BCUT2D eigenvalue weighted by Crippen LogP contribution is -2.09. The summed E-state index contributed by atoms with van der Waals surface area (Å²) in [5.41, 5.74) is 4.29. The van der Waals surface area contributed by atoms with E-state index in [1.807, 2.05) is 72.8 Å². The lowest BCUT2D eigenvalue weighted by molar-refractivity contribution is 0.295. The summed E-state index contributed by atoms with van der Waals surface area (Å²) < 4.78 is 12.9. The molecule has 3 aromatic heterocycles. The molecule has 0 fully saturated rings. The van der Waals surface area contributed by atoms with Crippen LogP contribution in [0.15, 0.2) is 94.4 Å². The highest BCUT2D eigenvalue weighted by Gasteiger charge is 2.17. The highest BCUT2D eigenvalue weighted by Crippen LogP contribution is 2.31. The molecule has 0 aliphatic carbocycles. The van der Waals surface area contributed by atoms with Gasteiger partial charge in [0.15, 0.2) is 5.76 Å². The number of pyridine rings is 2. The molecule has 152 valence electrons. The molecule has 5 aromatic rings. The number of hydrogen-bond acceptors (Lipinski definition) is 5. The molecule has 6 nitrogen and oxygen atoms in total. The minimum atomic E-state index is -0.406. The number of fused-ring (bicyclic) bond motifs is 1. The van der Waals surface area contributed by atoms with Gasteiger partial charge in [0.2, 0.25) is 5.88 Å². The Morgan fingerprint density at radius 2 is 1.68 bits per heavy atom. The van der Waals surface area contributed by atoms with Crippen molar-refractivity contribution < 1.29 is 9.15 Å². The Labute approximate surface area is 178 Å². The van der Waals surface area contributed by atoms with E-state index in [2.05, 4.69) is 9.97 Å². The molecule has 0 saturated carbocycles. The molecule has 0 unspecified atom stereocenters. The number of rotatable bonds is 5. The first kappa shape index (κ1) is 18.8. The SMILES string of the molecule is Cn1c(-c2ccncc2)c(-c2ccc(COc3ccc4ccccc4n3)cc2)oc1=O. The van der Waals surface area contributed by atoms with Crippen molar-refractivity contribution in [2.75, 3.05) is 0 Å². The third kappa shape index (κ3) is 3.71. The summed E-state index contributed by atoms with van der Waals surface area (Å²) in [5.74, 6) is 0.704. The quantitative estimate of drug-likeness (QED) is 0.416. The van der Waals surface area contributed by atoms with Crippen LogP contribution in [0.2, 0.25) is 0 Å². The van der Waals surface area contributed by atoms with Gasteiger partial charge in [-0.15, -0.1) is 0 Å². The minimum absolute atomic E-state index is 0.390. The molecule has 0 atom stereocenters. The topological polar surface area (TPSA) is 70.2 Å². The molecule has 3 heterocycles. The van der Waals surface area contributed by atoms with Crippen molar-refractivity contribution in [3.05, 3.63) is 101 Å². The van der Waals surface area contributed by atoms with Crippen molar-refractivity contribution in [3.63, 3.8) is 0 Å². The van der Waals surface area contributed by atoms with Crippen LogP contribution in [-0.2, 0) is 13.7 Å². The van der Waals surface area contributed by atoms with Gasteiger partial charge >= 0.3 is 5.76 Å². The third-order valence-corrected chi connectivity index (χ3v) is 5.14. The van der Waals surface area contributed by atoms with Crippen LogP contribution >= 0.6 is 0 Å². The Morgan fingerprint density at radius 3 is 2.48 bits per heavy atom. The zero-order chi connectivity index (χ0) is 21.2. The largest absolute Gasteiger partial charge is 0.473 e. The maximum absolute atomic E-state index is 12.2. The van der Waals surface area contributed by atoms with Gasteiger partial charge in [-0.25, -0.2) is 9.78 Å². The lowest BCUT2D eigenvalue weighted by atomic mass is 10.1. The Hall–Kier alpha value is -4.19. The molecule has 0 N–H and O–H groups in total. The Kier molecular flexibility index (Phi) is 4.80. The van der Waals surface area contributed by atoms with Crippen molar-refractivity contribution >= 4 is 10.9 Å². The molecule has 0 spiro atoms. The van der Waals surface area contributed by atoms with E-state index in [4.69, 9.17) is 9.15 Å². The van der Waals surface area contributed by atoms with Crippen molar-refractivity contribution in [2.45, 2.75) is 6.61 Å². The molecule has 0 amide bonds. The van der Waals surface area contributed by atoms with Gasteiger partial charge < -0.3 is 9.15 Å².